The molecule has 1 amide bonds. The number of carbonyl (C=O) groups is 2. The number of nitrogens with zero attached hydrogens (tertiary/aromatic N) is 1. The molecule has 1 heterocycles. The van der Waals surface area contributed by atoms with Crippen molar-refractivity contribution in [2.45, 2.75) is 26.3 Å². The number of ether oxygens (including phenoxy) is 1. The van der Waals surface area contributed by atoms with Crippen molar-refractivity contribution < 1.29 is 19.4 Å². The summed E-state index contributed by atoms with van der Waals surface area (Å²) >= 11 is 0. The third-order valence-corrected chi connectivity index (χ3v) is 2.97. The summed E-state index contributed by atoms with van der Waals surface area (Å²) in [6, 6.07) is -0.788. The smallest absolute Gasteiger partial charge is 0.410 e. The van der Waals surface area contributed by atoms with Gasteiger partial charge in [0.2, 0.25) is 0 Å². The minimum absolute atomic E-state index is 0.0625. The van der Waals surface area contributed by atoms with Gasteiger partial charge in [-0.15, -0.1) is 0 Å². The Labute approximate surface area is 101 Å². The van der Waals surface area contributed by atoms with E-state index >= 15 is 0 Å². The average Bonchev–Trinajstić information content (AvgIpc) is 2.23. The third kappa shape index (κ3) is 3.22. The fourth-order valence-corrected chi connectivity index (χ4v) is 2.37. The van der Waals surface area contributed by atoms with Gasteiger partial charge in [0.1, 0.15) is 12.6 Å². The normalized spacial score (nSPS) is 28.6. The van der Waals surface area contributed by atoms with Gasteiger partial charge in [-0.1, -0.05) is 26.5 Å². The average molecular weight is 241 g/mol. The largest absolute Gasteiger partial charge is 0.480 e. The predicted octanol–water partition coefficient (Wildman–Crippen LogP) is 1.74. The lowest BCUT2D eigenvalue weighted by Crippen LogP contribution is -2.54. The van der Waals surface area contributed by atoms with Crippen LogP contribution in [-0.2, 0) is 9.53 Å². The Morgan fingerprint density at radius 3 is 2.71 bits per heavy atom. The van der Waals surface area contributed by atoms with E-state index in [-0.39, 0.29) is 18.4 Å². The summed E-state index contributed by atoms with van der Waals surface area (Å²) in [6.45, 7) is 7.83. The first-order chi connectivity index (χ1) is 7.97. The van der Waals surface area contributed by atoms with Crippen LogP contribution >= 0.6 is 0 Å². The standard InChI is InChI=1S/C12H19NO4/c1-4-5-17-12(16)13-7-8(2)6-9(3)10(13)11(14)15/h4,8-10H,1,5-7H2,2-3H3,(H,14,15). The first kappa shape index (κ1) is 13.5. The maximum absolute atomic E-state index is 11.8. The molecule has 1 N–H and O–H groups in total. The molecule has 0 radical (unpaired) electrons. The molecule has 0 saturated carbocycles. The molecular weight excluding hydrogens is 222 g/mol. The molecule has 0 spiro atoms. The van der Waals surface area contributed by atoms with Crippen LogP contribution < -0.4 is 0 Å². The molecule has 1 saturated heterocycles. The summed E-state index contributed by atoms with van der Waals surface area (Å²) in [4.78, 5) is 24.3. The first-order valence-electron chi connectivity index (χ1n) is 5.74. The van der Waals surface area contributed by atoms with Gasteiger partial charge in [0.15, 0.2) is 0 Å². The quantitative estimate of drug-likeness (QED) is 0.764. The SMILES string of the molecule is C=CCOC(=O)N1CC(C)CC(C)C1C(=O)O. The van der Waals surface area contributed by atoms with E-state index < -0.39 is 18.1 Å². The van der Waals surface area contributed by atoms with Crippen molar-refractivity contribution in [2.75, 3.05) is 13.2 Å². The second kappa shape index (κ2) is 5.70. The van der Waals surface area contributed by atoms with E-state index in [1.807, 2.05) is 13.8 Å². The highest BCUT2D eigenvalue weighted by Crippen LogP contribution is 2.27. The lowest BCUT2D eigenvalue weighted by molar-refractivity contribution is -0.146. The molecule has 0 aliphatic carbocycles. The topological polar surface area (TPSA) is 66.8 Å². The Morgan fingerprint density at radius 1 is 1.53 bits per heavy atom. The minimum Gasteiger partial charge on any atom is -0.480 e. The van der Waals surface area contributed by atoms with Crippen LogP contribution in [0.3, 0.4) is 0 Å². The monoisotopic (exact) mass is 241 g/mol. The highest BCUT2D eigenvalue weighted by Gasteiger charge is 2.40. The summed E-state index contributed by atoms with van der Waals surface area (Å²) in [5.74, 6) is -0.746. The molecule has 96 valence electrons. The van der Waals surface area contributed by atoms with Gasteiger partial charge in [-0.3, -0.25) is 4.90 Å². The van der Waals surface area contributed by atoms with Crippen molar-refractivity contribution in [2.24, 2.45) is 11.8 Å². The van der Waals surface area contributed by atoms with E-state index in [4.69, 9.17) is 4.74 Å². The summed E-state index contributed by atoms with van der Waals surface area (Å²) in [7, 11) is 0. The van der Waals surface area contributed by atoms with Gasteiger partial charge in [-0.05, 0) is 18.3 Å². The maximum Gasteiger partial charge on any atom is 0.410 e. The van der Waals surface area contributed by atoms with Gasteiger partial charge in [0.05, 0.1) is 0 Å². The van der Waals surface area contributed by atoms with Crippen LogP contribution in [0.5, 0.6) is 0 Å². The number of carbonyl (C=O) groups excluding carboxylic acids is 1. The molecule has 5 heteroatoms. The van der Waals surface area contributed by atoms with Crippen molar-refractivity contribution in [3.05, 3.63) is 12.7 Å². The molecule has 3 unspecified atom stereocenters. The number of aliphatic carboxylic acids is 1. The van der Waals surface area contributed by atoms with E-state index in [1.165, 1.54) is 11.0 Å². The molecular formula is C12H19NO4. The molecule has 0 bridgehead atoms. The third-order valence-electron chi connectivity index (χ3n) is 2.97. The Hall–Kier alpha value is -1.52. The Bertz CT molecular complexity index is 316. The molecule has 0 aromatic carbocycles. The highest BCUT2D eigenvalue weighted by molar-refractivity contribution is 5.80. The predicted molar refractivity (Wildman–Crippen MR) is 62.6 cm³/mol. The molecule has 1 fully saturated rings. The van der Waals surface area contributed by atoms with Crippen LogP contribution in [0.4, 0.5) is 4.79 Å². The van der Waals surface area contributed by atoms with Crippen molar-refractivity contribution in [1.82, 2.24) is 4.90 Å². The molecule has 1 aliphatic heterocycles. The van der Waals surface area contributed by atoms with Crippen molar-refractivity contribution in [1.29, 1.82) is 0 Å². The van der Waals surface area contributed by atoms with Crippen LogP contribution in [-0.4, -0.2) is 41.3 Å². The van der Waals surface area contributed by atoms with E-state index in [0.717, 1.165) is 6.42 Å². The molecule has 3 atom stereocenters. The lowest BCUT2D eigenvalue weighted by atomic mass is 9.85. The van der Waals surface area contributed by atoms with Gasteiger partial charge in [0, 0.05) is 6.54 Å². The summed E-state index contributed by atoms with van der Waals surface area (Å²) in [5, 5.41) is 9.17. The zero-order valence-corrected chi connectivity index (χ0v) is 10.3. The second-order valence-corrected chi connectivity index (χ2v) is 4.62. The van der Waals surface area contributed by atoms with Gasteiger partial charge < -0.3 is 9.84 Å². The fraction of sp³-hybridized carbons (Fsp3) is 0.667. The Kier molecular flexibility index (Phi) is 4.54. The lowest BCUT2D eigenvalue weighted by Gasteiger charge is -2.39. The first-order valence-corrected chi connectivity index (χ1v) is 5.74. The number of likely N-dealkylation sites (tertiary alicyclic amines) is 1. The summed E-state index contributed by atoms with van der Waals surface area (Å²) in [5.41, 5.74) is 0. The molecule has 17 heavy (non-hydrogen) atoms. The molecule has 5 nitrogen and oxygen atoms in total. The number of hydrogen-bond donors (Lipinski definition) is 1. The van der Waals surface area contributed by atoms with E-state index in [1.54, 1.807) is 0 Å². The van der Waals surface area contributed by atoms with Gasteiger partial charge >= 0.3 is 12.1 Å². The van der Waals surface area contributed by atoms with E-state index in [0.29, 0.717) is 6.54 Å². The van der Waals surface area contributed by atoms with Gasteiger partial charge in [0.25, 0.3) is 0 Å². The zero-order valence-electron chi connectivity index (χ0n) is 10.3. The summed E-state index contributed by atoms with van der Waals surface area (Å²) in [6.07, 6.45) is 1.70. The molecule has 1 aliphatic rings. The van der Waals surface area contributed by atoms with Crippen LogP contribution in [0.2, 0.25) is 0 Å². The minimum atomic E-state index is -0.972. The number of rotatable bonds is 3. The number of piperidine rings is 1. The number of carboxylic acids is 1. The number of amides is 1. The van der Waals surface area contributed by atoms with E-state index in [9.17, 15) is 14.7 Å². The number of carboxylic acid groups (broad SMARTS) is 1. The molecule has 0 aromatic heterocycles. The van der Waals surface area contributed by atoms with Crippen molar-refractivity contribution in [3.63, 3.8) is 0 Å². The highest BCUT2D eigenvalue weighted by atomic mass is 16.6. The summed E-state index contributed by atoms with van der Waals surface area (Å²) < 4.78 is 4.91. The Morgan fingerprint density at radius 2 is 2.18 bits per heavy atom. The van der Waals surface area contributed by atoms with Gasteiger partial charge in [-0.2, -0.15) is 0 Å². The van der Waals surface area contributed by atoms with Crippen LogP contribution in [0.15, 0.2) is 12.7 Å². The van der Waals surface area contributed by atoms with E-state index in [2.05, 4.69) is 6.58 Å². The van der Waals surface area contributed by atoms with Crippen LogP contribution in [0, 0.1) is 11.8 Å². The van der Waals surface area contributed by atoms with Crippen LogP contribution in [0.1, 0.15) is 20.3 Å². The zero-order chi connectivity index (χ0) is 13.0. The number of hydrogen-bond acceptors (Lipinski definition) is 3. The van der Waals surface area contributed by atoms with Gasteiger partial charge in [-0.25, -0.2) is 9.59 Å². The van der Waals surface area contributed by atoms with Crippen molar-refractivity contribution in [3.8, 4) is 0 Å². The van der Waals surface area contributed by atoms with Crippen LogP contribution in [0.25, 0.3) is 0 Å². The molecule has 1 rings (SSSR count). The maximum atomic E-state index is 11.8. The fourth-order valence-electron chi connectivity index (χ4n) is 2.37. The van der Waals surface area contributed by atoms with Crippen molar-refractivity contribution >= 4 is 12.1 Å². The second-order valence-electron chi connectivity index (χ2n) is 4.62. The molecule has 0 aromatic rings. The Balaban J connectivity index is 2.79.